The molecule has 3 rings (SSSR count). The second kappa shape index (κ2) is 9.32. The van der Waals surface area contributed by atoms with Crippen molar-refractivity contribution in [1.82, 2.24) is 19.9 Å². The number of carbonyl (C=O) groups excluding carboxylic acids is 1. The van der Waals surface area contributed by atoms with Gasteiger partial charge in [0.05, 0.1) is 36.0 Å². The minimum atomic E-state index is -0.0557. The second-order valence-corrected chi connectivity index (χ2v) is 6.97. The number of hydrogen-bond donors (Lipinski definition) is 1. The molecule has 26 heavy (non-hydrogen) atoms. The Morgan fingerprint density at radius 2 is 2.04 bits per heavy atom. The molecule has 1 amide bonds. The van der Waals surface area contributed by atoms with E-state index < -0.39 is 0 Å². The fourth-order valence-corrected chi connectivity index (χ4v) is 3.07. The molecule has 1 N–H and O–H groups in total. The SMILES string of the molecule is O=C(CCCN1CCOCC1)Nc1cn(Cc2ccc(Cl)c(Cl)c2)nn1. The number of nitrogens with one attached hydrogen (secondary N) is 1. The Morgan fingerprint density at radius 1 is 1.23 bits per heavy atom. The molecule has 0 aliphatic carbocycles. The maximum absolute atomic E-state index is 12.0. The van der Waals surface area contributed by atoms with Crippen molar-refractivity contribution in [2.75, 3.05) is 38.2 Å². The van der Waals surface area contributed by atoms with Gasteiger partial charge in [-0.1, -0.05) is 34.5 Å². The van der Waals surface area contributed by atoms with Crippen LogP contribution in [0.4, 0.5) is 5.82 Å². The first kappa shape index (κ1) is 19.1. The first-order valence-electron chi connectivity index (χ1n) is 8.54. The first-order valence-corrected chi connectivity index (χ1v) is 9.30. The second-order valence-electron chi connectivity index (χ2n) is 6.16. The number of nitrogens with zero attached hydrogens (tertiary/aromatic N) is 4. The summed E-state index contributed by atoms with van der Waals surface area (Å²) in [6.07, 6.45) is 2.96. The molecule has 0 saturated carbocycles. The van der Waals surface area contributed by atoms with Crippen LogP contribution < -0.4 is 5.32 Å². The Morgan fingerprint density at radius 3 is 2.81 bits per heavy atom. The van der Waals surface area contributed by atoms with Gasteiger partial charge in [0.1, 0.15) is 0 Å². The number of morpholine rings is 1. The molecule has 0 radical (unpaired) electrons. The molecule has 1 aromatic heterocycles. The van der Waals surface area contributed by atoms with Crippen molar-refractivity contribution in [2.24, 2.45) is 0 Å². The van der Waals surface area contributed by atoms with Gasteiger partial charge in [0.25, 0.3) is 0 Å². The number of carbonyl (C=O) groups is 1. The van der Waals surface area contributed by atoms with Crippen molar-refractivity contribution >= 4 is 34.9 Å². The number of hydrogen-bond acceptors (Lipinski definition) is 5. The van der Waals surface area contributed by atoms with Crippen molar-refractivity contribution in [3.63, 3.8) is 0 Å². The largest absolute Gasteiger partial charge is 0.379 e. The van der Waals surface area contributed by atoms with E-state index in [9.17, 15) is 4.79 Å². The van der Waals surface area contributed by atoms with Gasteiger partial charge in [-0.05, 0) is 30.7 Å². The molecule has 0 unspecified atom stereocenters. The highest BCUT2D eigenvalue weighted by atomic mass is 35.5. The normalized spacial score (nSPS) is 15.2. The predicted octanol–water partition coefficient (Wildman–Crippen LogP) is 2.68. The van der Waals surface area contributed by atoms with Gasteiger partial charge in [-0.25, -0.2) is 4.68 Å². The number of halogens is 2. The quantitative estimate of drug-likeness (QED) is 0.777. The van der Waals surface area contributed by atoms with Crippen LogP contribution in [0.1, 0.15) is 18.4 Å². The van der Waals surface area contributed by atoms with Crippen LogP contribution >= 0.6 is 23.2 Å². The molecule has 140 valence electrons. The number of ether oxygens (including phenoxy) is 1. The third-order valence-corrected chi connectivity index (χ3v) is 4.86. The zero-order chi connectivity index (χ0) is 18.4. The molecule has 7 nitrogen and oxygen atoms in total. The van der Waals surface area contributed by atoms with Crippen LogP contribution in [0.2, 0.25) is 10.0 Å². The van der Waals surface area contributed by atoms with Gasteiger partial charge in [0, 0.05) is 19.5 Å². The minimum absolute atomic E-state index is 0.0557. The monoisotopic (exact) mass is 397 g/mol. The highest BCUT2D eigenvalue weighted by Crippen LogP contribution is 2.23. The summed E-state index contributed by atoms with van der Waals surface area (Å²) in [5.74, 6) is 0.390. The molecule has 0 spiro atoms. The van der Waals surface area contributed by atoms with E-state index in [1.54, 1.807) is 23.0 Å². The van der Waals surface area contributed by atoms with E-state index in [2.05, 4.69) is 20.5 Å². The Labute approximate surface area is 162 Å². The standard InChI is InChI=1S/C17H21Cl2N5O2/c18-14-4-3-13(10-15(14)19)11-24-12-16(21-22-24)20-17(25)2-1-5-23-6-8-26-9-7-23/h3-4,10,12H,1-2,5-9,11H2,(H,20,25). The lowest BCUT2D eigenvalue weighted by Gasteiger charge is -2.26. The third kappa shape index (κ3) is 5.67. The maximum Gasteiger partial charge on any atom is 0.225 e. The molecule has 2 heterocycles. The summed E-state index contributed by atoms with van der Waals surface area (Å²) in [5.41, 5.74) is 0.952. The van der Waals surface area contributed by atoms with Crippen LogP contribution in [0.15, 0.2) is 24.4 Å². The summed E-state index contributed by atoms with van der Waals surface area (Å²) >= 11 is 11.9. The van der Waals surface area contributed by atoms with Crippen LogP contribution in [-0.4, -0.2) is 58.6 Å². The minimum Gasteiger partial charge on any atom is -0.379 e. The van der Waals surface area contributed by atoms with E-state index in [4.69, 9.17) is 27.9 Å². The number of aromatic nitrogens is 3. The molecule has 0 atom stereocenters. The zero-order valence-electron chi connectivity index (χ0n) is 14.3. The molecule has 1 fully saturated rings. The van der Waals surface area contributed by atoms with Gasteiger partial charge >= 0.3 is 0 Å². The highest BCUT2D eigenvalue weighted by molar-refractivity contribution is 6.42. The molecule has 1 saturated heterocycles. The lowest BCUT2D eigenvalue weighted by atomic mass is 10.2. The van der Waals surface area contributed by atoms with Gasteiger partial charge in [0.15, 0.2) is 5.82 Å². The van der Waals surface area contributed by atoms with Gasteiger partial charge in [-0.2, -0.15) is 0 Å². The van der Waals surface area contributed by atoms with Crippen molar-refractivity contribution in [1.29, 1.82) is 0 Å². The molecule has 1 aromatic carbocycles. The van der Waals surface area contributed by atoms with Gasteiger partial charge in [-0.15, -0.1) is 5.10 Å². The van der Waals surface area contributed by atoms with E-state index in [0.29, 0.717) is 28.8 Å². The molecular weight excluding hydrogens is 377 g/mol. The lowest BCUT2D eigenvalue weighted by molar-refractivity contribution is -0.116. The molecule has 1 aliphatic heterocycles. The molecular formula is C17H21Cl2N5O2. The fraction of sp³-hybridized carbons (Fsp3) is 0.471. The predicted molar refractivity (Wildman–Crippen MR) is 101 cm³/mol. The first-order chi connectivity index (χ1) is 12.6. The lowest BCUT2D eigenvalue weighted by Crippen LogP contribution is -2.37. The summed E-state index contributed by atoms with van der Waals surface area (Å²) in [7, 11) is 0. The van der Waals surface area contributed by atoms with E-state index in [0.717, 1.165) is 44.8 Å². The van der Waals surface area contributed by atoms with Crippen LogP contribution in [0.25, 0.3) is 0 Å². The van der Waals surface area contributed by atoms with Crippen molar-refractivity contribution < 1.29 is 9.53 Å². The smallest absolute Gasteiger partial charge is 0.225 e. The number of benzene rings is 1. The fourth-order valence-electron chi connectivity index (χ4n) is 2.75. The number of rotatable bonds is 7. The van der Waals surface area contributed by atoms with Crippen LogP contribution in [-0.2, 0) is 16.1 Å². The van der Waals surface area contributed by atoms with Crippen LogP contribution in [0.3, 0.4) is 0 Å². The van der Waals surface area contributed by atoms with Crippen LogP contribution in [0, 0.1) is 0 Å². The van der Waals surface area contributed by atoms with E-state index in [1.165, 1.54) is 0 Å². The van der Waals surface area contributed by atoms with Gasteiger partial charge in [-0.3, -0.25) is 9.69 Å². The molecule has 2 aromatic rings. The van der Waals surface area contributed by atoms with Crippen molar-refractivity contribution in [3.8, 4) is 0 Å². The summed E-state index contributed by atoms with van der Waals surface area (Å²) in [5, 5.41) is 11.8. The average molecular weight is 398 g/mol. The summed E-state index contributed by atoms with van der Waals surface area (Å²) in [6, 6.07) is 5.41. The summed E-state index contributed by atoms with van der Waals surface area (Å²) < 4.78 is 6.95. The average Bonchev–Trinajstić information content (AvgIpc) is 3.06. The van der Waals surface area contributed by atoms with Crippen molar-refractivity contribution in [3.05, 3.63) is 40.0 Å². The highest BCUT2D eigenvalue weighted by Gasteiger charge is 2.11. The van der Waals surface area contributed by atoms with E-state index in [-0.39, 0.29) is 5.91 Å². The summed E-state index contributed by atoms with van der Waals surface area (Å²) in [6.45, 7) is 4.81. The number of amides is 1. The Kier molecular flexibility index (Phi) is 6.85. The molecule has 0 bridgehead atoms. The van der Waals surface area contributed by atoms with E-state index >= 15 is 0 Å². The maximum atomic E-state index is 12.0. The number of anilines is 1. The van der Waals surface area contributed by atoms with Gasteiger partial charge in [0.2, 0.25) is 5.91 Å². The Hall–Kier alpha value is -1.67. The summed E-state index contributed by atoms with van der Waals surface area (Å²) in [4.78, 5) is 14.4. The van der Waals surface area contributed by atoms with Gasteiger partial charge < -0.3 is 10.1 Å². The van der Waals surface area contributed by atoms with Crippen LogP contribution in [0.5, 0.6) is 0 Å². The Balaban J connectivity index is 1.43. The zero-order valence-corrected chi connectivity index (χ0v) is 15.8. The Bertz CT molecular complexity index is 747. The van der Waals surface area contributed by atoms with Crippen molar-refractivity contribution in [2.45, 2.75) is 19.4 Å². The third-order valence-electron chi connectivity index (χ3n) is 4.12. The topological polar surface area (TPSA) is 72.3 Å². The molecule has 1 aliphatic rings. The van der Waals surface area contributed by atoms with E-state index in [1.807, 2.05) is 6.07 Å². The molecule has 9 heteroatoms.